The summed E-state index contributed by atoms with van der Waals surface area (Å²) in [6.45, 7) is 0. The lowest BCUT2D eigenvalue weighted by Crippen LogP contribution is -2.13. The highest BCUT2D eigenvalue weighted by molar-refractivity contribution is 9.10. The van der Waals surface area contributed by atoms with Crippen LogP contribution in [0.4, 0.5) is 17.1 Å². The Balaban J connectivity index is 1.84. The lowest BCUT2D eigenvalue weighted by Gasteiger charge is -2.01. The van der Waals surface area contributed by atoms with Gasteiger partial charge in [0.05, 0.1) is 22.0 Å². The Bertz CT molecular complexity index is 1280. The summed E-state index contributed by atoms with van der Waals surface area (Å²) in [7, 11) is 0. The largest absolute Gasteiger partial charge is 0.299 e. The first-order valence-electron chi connectivity index (χ1n) is 8.85. The van der Waals surface area contributed by atoms with Crippen molar-refractivity contribution in [3.63, 3.8) is 0 Å². The van der Waals surface area contributed by atoms with E-state index >= 15 is 0 Å². The van der Waals surface area contributed by atoms with Crippen molar-refractivity contribution in [2.24, 2.45) is 10.2 Å². The summed E-state index contributed by atoms with van der Waals surface area (Å²) >= 11 is 3.36. The molecular weight excluding hydrogens is 450 g/mol. The Morgan fingerprint density at radius 1 is 0.900 bits per heavy atom. The number of nitrogens with one attached hydrogen (secondary N) is 1. The van der Waals surface area contributed by atoms with E-state index in [2.05, 4.69) is 31.3 Å². The molecule has 0 atom stereocenters. The molecule has 0 saturated carbocycles. The summed E-state index contributed by atoms with van der Waals surface area (Å²) in [4.78, 5) is 23.5. The van der Waals surface area contributed by atoms with Gasteiger partial charge in [0.1, 0.15) is 0 Å². The summed E-state index contributed by atoms with van der Waals surface area (Å²) in [6.07, 6.45) is 0. The Hall–Kier alpha value is -3.85. The molecule has 9 heteroatoms. The number of para-hydroxylation sites is 1. The number of aromatic amines is 1. The molecule has 148 valence electrons. The minimum absolute atomic E-state index is 0.0402. The summed E-state index contributed by atoms with van der Waals surface area (Å²) in [5.41, 5.74) is 1.90. The second kappa shape index (κ2) is 8.26. The van der Waals surface area contributed by atoms with E-state index < -0.39 is 4.92 Å². The number of aromatic nitrogens is 2. The van der Waals surface area contributed by atoms with E-state index in [0.717, 1.165) is 4.47 Å². The number of hydrogen-bond acceptors (Lipinski definition) is 5. The standard InChI is InChI=1S/C21H14BrN5O3/c22-15-8-10-16(11-9-15)23-24-20-19(14-6-12-18(13-7-14)27(29)30)25-26(21(20)28)17-4-2-1-3-5-17/h1-13,25H. The number of nitro benzene ring substituents is 1. The number of H-pyrrole nitrogens is 1. The number of benzene rings is 3. The Labute approximate surface area is 178 Å². The van der Waals surface area contributed by atoms with E-state index in [4.69, 9.17) is 0 Å². The van der Waals surface area contributed by atoms with E-state index in [1.165, 1.54) is 16.8 Å². The Morgan fingerprint density at radius 2 is 1.57 bits per heavy atom. The molecule has 0 fully saturated rings. The third-order valence-corrected chi connectivity index (χ3v) is 4.87. The Morgan fingerprint density at radius 3 is 2.20 bits per heavy atom. The van der Waals surface area contributed by atoms with Crippen LogP contribution in [0, 0.1) is 10.1 Å². The molecule has 0 aliphatic rings. The van der Waals surface area contributed by atoms with Gasteiger partial charge in [0.2, 0.25) is 0 Å². The van der Waals surface area contributed by atoms with Crippen LogP contribution in [-0.2, 0) is 0 Å². The average Bonchev–Trinajstić information content (AvgIpc) is 3.10. The topological polar surface area (TPSA) is 106 Å². The van der Waals surface area contributed by atoms with E-state index in [0.29, 0.717) is 22.6 Å². The number of non-ortho nitro benzene ring substituents is 1. The van der Waals surface area contributed by atoms with E-state index in [-0.39, 0.29) is 16.9 Å². The zero-order valence-electron chi connectivity index (χ0n) is 15.4. The third kappa shape index (κ3) is 3.96. The van der Waals surface area contributed by atoms with Crippen LogP contribution in [0.15, 0.2) is 98.4 Å². The van der Waals surface area contributed by atoms with Gasteiger partial charge in [0.25, 0.3) is 11.2 Å². The van der Waals surface area contributed by atoms with E-state index in [1.54, 1.807) is 36.4 Å². The minimum atomic E-state index is -0.476. The predicted molar refractivity (Wildman–Crippen MR) is 117 cm³/mol. The number of rotatable bonds is 5. The molecule has 0 aliphatic heterocycles. The molecule has 0 unspecified atom stereocenters. The summed E-state index contributed by atoms with van der Waals surface area (Å²) < 4.78 is 2.27. The molecular formula is C21H14BrN5O3. The van der Waals surface area contributed by atoms with E-state index in [9.17, 15) is 14.9 Å². The molecule has 0 saturated heterocycles. The number of nitrogens with zero attached hydrogens (tertiary/aromatic N) is 4. The number of hydrogen-bond donors (Lipinski definition) is 1. The fourth-order valence-electron chi connectivity index (χ4n) is 2.85. The van der Waals surface area contributed by atoms with Crippen LogP contribution in [0.25, 0.3) is 16.9 Å². The first-order valence-corrected chi connectivity index (χ1v) is 9.65. The van der Waals surface area contributed by atoms with Crippen molar-refractivity contribution in [1.29, 1.82) is 0 Å². The van der Waals surface area contributed by atoms with Gasteiger partial charge < -0.3 is 0 Å². The lowest BCUT2D eigenvalue weighted by atomic mass is 10.1. The molecule has 0 bridgehead atoms. The summed E-state index contributed by atoms with van der Waals surface area (Å²) in [5, 5.41) is 22.4. The fraction of sp³-hybridized carbons (Fsp3) is 0. The van der Waals surface area contributed by atoms with Crippen LogP contribution in [0.1, 0.15) is 0 Å². The van der Waals surface area contributed by atoms with Gasteiger partial charge in [-0.1, -0.05) is 34.1 Å². The SMILES string of the molecule is O=c1c(N=Nc2ccc(Br)cc2)c(-c2ccc([N+](=O)[O-])cc2)[nH]n1-c1ccccc1. The smallest absolute Gasteiger partial charge is 0.288 e. The predicted octanol–water partition coefficient (Wildman–Crippen LogP) is 5.92. The van der Waals surface area contributed by atoms with Crippen LogP contribution in [0.3, 0.4) is 0 Å². The molecule has 0 radical (unpaired) electrons. The summed E-state index contributed by atoms with van der Waals surface area (Å²) in [6, 6.07) is 22.1. The maximum absolute atomic E-state index is 13.1. The van der Waals surface area contributed by atoms with Gasteiger partial charge >= 0.3 is 0 Å². The van der Waals surface area contributed by atoms with Crippen molar-refractivity contribution in [1.82, 2.24) is 9.78 Å². The van der Waals surface area contributed by atoms with E-state index in [1.807, 2.05) is 30.3 Å². The normalized spacial score (nSPS) is 11.1. The molecule has 4 rings (SSSR count). The van der Waals surface area contributed by atoms with Crippen molar-refractivity contribution in [2.75, 3.05) is 0 Å². The molecule has 3 aromatic carbocycles. The van der Waals surface area contributed by atoms with Crippen LogP contribution >= 0.6 is 15.9 Å². The van der Waals surface area contributed by atoms with Gasteiger partial charge in [-0.2, -0.15) is 5.11 Å². The molecule has 0 spiro atoms. The van der Waals surface area contributed by atoms with Crippen molar-refractivity contribution < 1.29 is 4.92 Å². The van der Waals surface area contributed by atoms with Crippen LogP contribution in [0.5, 0.6) is 0 Å². The Kier molecular flexibility index (Phi) is 5.36. The second-order valence-electron chi connectivity index (χ2n) is 6.29. The van der Waals surface area contributed by atoms with Crippen molar-refractivity contribution >= 4 is 33.0 Å². The molecule has 30 heavy (non-hydrogen) atoms. The number of halogens is 1. The molecule has 4 aromatic rings. The first kappa shape index (κ1) is 19.5. The zero-order valence-corrected chi connectivity index (χ0v) is 17.0. The van der Waals surface area contributed by atoms with Crippen LogP contribution < -0.4 is 5.56 Å². The maximum Gasteiger partial charge on any atom is 0.299 e. The van der Waals surface area contributed by atoms with Gasteiger partial charge in [-0.3, -0.25) is 20.0 Å². The lowest BCUT2D eigenvalue weighted by molar-refractivity contribution is -0.384. The van der Waals surface area contributed by atoms with Gasteiger partial charge in [-0.05, 0) is 48.5 Å². The van der Waals surface area contributed by atoms with Crippen molar-refractivity contribution in [3.05, 3.63) is 104 Å². The molecule has 1 aromatic heterocycles. The van der Waals surface area contributed by atoms with Gasteiger partial charge in [0, 0.05) is 22.2 Å². The fourth-order valence-corrected chi connectivity index (χ4v) is 3.11. The highest BCUT2D eigenvalue weighted by Crippen LogP contribution is 2.29. The molecule has 8 nitrogen and oxygen atoms in total. The average molecular weight is 464 g/mol. The number of nitro groups is 1. The van der Waals surface area contributed by atoms with Gasteiger partial charge in [-0.15, -0.1) is 5.11 Å². The third-order valence-electron chi connectivity index (χ3n) is 4.34. The quantitative estimate of drug-likeness (QED) is 0.225. The van der Waals surface area contributed by atoms with Crippen molar-refractivity contribution in [2.45, 2.75) is 0 Å². The second-order valence-corrected chi connectivity index (χ2v) is 7.21. The molecule has 0 amide bonds. The maximum atomic E-state index is 13.1. The molecule has 1 N–H and O–H groups in total. The summed E-state index contributed by atoms with van der Waals surface area (Å²) in [5.74, 6) is 0. The minimum Gasteiger partial charge on any atom is -0.288 e. The molecule has 0 aliphatic carbocycles. The van der Waals surface area contributed by atoms with Crippen molar-refractivity contribution in [3.8, 4) is 16.9 Å². The first-order chi connectivity index (χ1) is 14.5. The van der Waals surface area contributed by atoms with Gasteiger partial charge in [-0.25, -0.2) is 4.68 Å². The highest BCUT2D eigenvalue weighted by Gasteiger charge is 2.18. The van der Waals surface area contributed by atoms with Crippen LogP contribution in [-0.4, -0.2) is 14.7 Å². The number of azo groups is 1. The van der Waals surface area contributed by atoms with Gasteiger partial charge in [0.15, 0.2) is 5.69 Å². The zero-order chi connectivity index (χ0) is 21.1. The highest BCUT2D eigenvalue weighted by atomic mass is 79.9. The van der Waals surface area contributed by atoms with Crippen LogP contribution in [0.2, 0.25) is 0 Å². The monoisotopic (exact) mass is 463 g/mol. The molecule has 1 heterocycles.